The lowest BCUT2D eigenvalue weighted by Crippen LogP contribution is -2.50. The van der Waals surface area contributed by atoms with Gasteiger partial charge in [-0.2, -0.15) is 0 Å². The molecule has 1 aliphatic heterocycles. The predicted molar refractivity (Wildman–Crippen MR) is 111 cm³/mol. The Morgan fingerprint density at radius 1 is 1.30 bits per heavy atom. The molecule has 2 aromatic carbocycles. The standard InChI is InChI=1S/C21H23N3O6/c1-4-29-17-8-6-5-7-15(17)22-19(25)12-23-16-10-9-14(24(27)28)11-18(16)30-20(13(2)3)21(23)26/h5-11,13,20H,4,12H2,1-3H3,(H,22,25). The van der Waals surface area contributed by atoms with Crippen LogP contribution >= 0.6 is 0 Å². The molecule has 9 heteroatoms. The van der Waals surface area contributed by atoms with Gasteiger partial charge in [-0.15, -0.1) is 0 Å². The third-order valence-electron chi connectivity index (χ3n) is 4.58. The fraction of sp³-hybridized carbons (Fsp3) is 0.333. The van der Waals surface area contributed by atoms with Crippen molar-refractivity contribution in [2.45, 2.75) is 26.9 Å². The quantitative estimate of drug-likeness (QED) is 0.550. The van der Waals surface area contributed by atoms with Crippen LogP contribution in [0.15, 0.2) is 42.5 Å². The van der Waals surface area contributed by atoms with Crippen molar-refractivity contribution in [1.82, 2.24) is 0 Å². The molecular formula is C21H23N3O6. The number of ether oxygens (including phenoxy) is 2. The third kappa shape index (κ3) is 4.35. The van der Waals surface area contributed by atoms with E-state index in [1.807, 2.05) is 20.8 Å². The maximum absolute atomic E-state index is 13.0. The number of benzene rings is 2. The Balaban J connectivity index is 1.88. The van der Waals surface area contributed by atoms with Crippen LogP contribution in [-0.2, 0) is 9.59 Å². The lowest BCUT2D eigenvalue weighted by Gasteiger charge is -2.35. The number of hydrogen-bond donors (Lipinski definition) is 1. The highest BCUT2D eigenvalue weighted by molar-refractivity contribution is 6.06. The van der Waals surface area contributed by atoms with Crippen LogP contribution < -0.4 is 19.7 Å². The molecule has 0 saturated heterocycles. The van der Waals surface area contributed by atoms with E-state index in [-0.39, 0.29) is 29.8 Å². The van der Waals surface area contributed by atoms with E-state index in [1.54, 1.807) is 24.3 Å². The molecule has 2 aromatic rings. The largest absolute Gasteiger partial charge is 0.492 e. The van der Waals surface area contributed by atoms with Gasteiger partial charge in [0.2, 0.25) is 5.91 Å². The van der Waals surface area contributed by atoms with Gasteiger partial charge in [0.25, 0.3) is 11.6 Å². The van der Waals surface area contributed by atoms with E-state index < -0.39 is 16.9 Å². The van der Waals surface area contributed by atoms with Gasteiger partial charge in [0.1, 0.15) is 12.3 Å². The number of nitro benzene ring substituents is 1. The number of rotatable bonds is 7. The second-order valence-corrected chi connectivity index (χ2v) is 7.09. The fourth-order valence-electron chi connectivity index (χ4n) is 3.16. The van der Waals surface area contributed by atoms with Gasteiger partial charge in [-0.05, 0) is 31.0 Å². The van der Waals surface area contributed by atoms with Crippen LogP contribution in [0.5, 0.6) is 11.5 Å². The van der Waals surface area contributed by atoms with E-state index in [9.17, 15) is 19.7 Å². The van der Waals surface area contributed by atoms with Crippen LogP contribution in [0.25, 0.3) is 0 Å². The van der Waals surface area contributed by atoms with E-state index in [1.165, 1.54) is 23.1 Å². The number of anilines is 2. The summed E-state index contributed by atoms with van der Waals surface area (Å²) in [5.74, 6) is -0.263. The maximum Gasteiger partial charge on any atom is 0.273 e. The lowest BCUT2D eigenvalue weighted by atomic mass is 10.0. The highest BCUT2D eigenvalue weighted by Gasteiger charge is 2.38. The second kappa shape index (κ2) is 8.81. The van der Waals surface area contributed by atoms with Gasteiger partial charge >= 0.3 is 0 Å². The van der Waals surface area contributed by atoms with Crippen LogP contribution in [0.1, 0.15) is 20.8 Å². The van der Waals surface area contributed by atoms with Crippen molar-refractivity contribution in [3.63, 3.8) is 0 Å². The molecule has 2 amide bonds. The summed E-state index contributed by atoms with van der Waals surface area (Å²) in [6.45, 7) is 5.63. The first kappa shape index (κ1) is 21.1. The van der Waals surface area contributed by atoms with E-state index in [0.29, 0.717) is 23.7 Å². The second-order valence-electron chi connectivity index (χ2n) is 7.09. The summed E-state index contributed by atoms with van der Waals surface area (Å²) in [4.78, 5) is 37.6. The highest BCUT2D eigenvalue weighted by Crippen LogP contribution is 2.38. The van der Waals surface area contributed by atoms with E-state index in [4.69, 9.17) is 9.47 Å². The van der Waals surface area contributed by atoms with Crippen LogP contribution in [-0.4, -0.2) is 36.0 Å². The molecule has 0 radical (unpaired) electrons. The van der Waals surface area contributed by atoms with Crippen molar-refractivity contribution < 1.29 is 24.0 Å². The zero-order valence-corrected chi connectivity index (χ0v) is 17.0. The zero-order chi connectivity index (χ0) is 21.8. The number of carbonyl (C=O) groups excluding carboxylic acids is 2. The first-order chi connectivity index (χ1) is 14.3. The summed E-state index contributed by atoms with van der Waals surface area (Å²) in [7, 11) is 0. The first-order valence-corrected chi connectivity index (χ1v) is 9.60. The summed E-state index contributed by atoms with van der Waals surface area (Å²) in [6.07, 6.45) is -0.844. The molecule has 0 aromatic heterocycles. The van der Waals surface area contributed by atoms with Crippen LogP contribution in [0.4, 0.5) is 17.1 Å². The molecule has 0 fully saturated rings. The first-order valence-electron chi connectivity index (χ1n) is 9.60. The molecule has 1 N–H and O–H groups in total. The SMILES string of the molecule is CCOc1ccccc1NC(=O)CN1C(=O)C(C(C)C)Oc2cc([N+](=O)[O-])ccc21. The number of carbonyl (C=O) groups is 2. The van der Waals surface area contributed by atoms with Crippen molar-refractivity contribution in [2.75, 3.05) is 23.4 Å². The molecule has 1 aliphatic rings. The predicted octanol–water partition coefficient (Wildman–Crippen LogP) is 3.38. The third-order valence-corrected chi connectivity index (χ3v) is 4.58. The van der Waals surface area contributed by atoms with E-state index >= 15 is 0 Å². The molecule has 0 saturated carbocycles. The highest BCUT2D eigenvalue weighted by atomic mass is 16.6. The van der Waals surface area contributed by atoms with Gasteiger partial charge in [-0.25, -0.2) is 0 Å². The average Bonchev–Trinajstić information content (AvgIpc) is 2.70. The molecule has 9 nitrogen and oxygen atoms in total. The minimum atomic E-state index is -0.844. The molecule has 1 heterocycles. The van der Waals surface area contributed by atoms with Crippen LogP contribution in [0.2, 0.25) is 0 Å². The van der Waals surface area contributed by atoms with Gasteiger partial charge in [-0.1, -0.05) is 26.0 Å². The van der Waals surface area contributed by atoms with Crippen molar-refractivity contribution in [3.8, 4) is 11.5 Å². The number of nitrogens with zero attached hydrogens (tertiary/aromatic N) is 2. The summed E-state index contributed by atoms with van der Waals surface area (Å²) in [5.41, 5.74) is 0.658. The van der Waals surface area contributed by atoms with Crippen molar-refractivity contribution in [2.24, 2.45) is 5.92 Å². The number of nitro groups is 1. The molecule has 0 aliphatic carbocycles. The summed E-state index contributed by atoms with van der Waals surface area (Å²) >= 11 is 0. The molecule has 1 atom stereocenters. The summed E-state index contributed by atoms with van der Waals surface area (Å²) in [6, 6.07) is 11.0. The molecule has 158 valence electrons. The van der Waals surface area contributed by atoms with Gasteiger partial charge in [0.05, 0.1) is 29.0 Å². The summed E-state index contributed by atoms with van der Waals surface area (Å²) < 4.78 is 11.2. The monoisotopic (exact) mass is 413 g/mol. The smallest absolute Gasteiger partial charge is 0.273 e. The minimum absolute atomic E-state index is 0.152. The van der Waals surface area contributed by atoms with E-state index in [0.717, 1.165) is 0 Å². The molecule has 3 rings (SSSR count). The number of fused-ring (bicyclic) bond motifs is 1. The van der Waals surface area contributed by atoms with Crippen LogP contribution in [0.3, 0.4) is 0 Å². The fourth-order valence-corrected chi connectivity index (χ4v) is 3.16. The molecule has 1 unspecified atom stereocenters. The number of hydrogen-bond acceptors (Lipinski definition) is 6. The molecular weight excluding hydrogens is 390 g/mol. The molecule has 0 spiro atoms. The van der Waals surface area contributed by atoms with Crippen molar-refractivity contribution in [3.05, 3.63) is 52.6 Å². The number of non-ortho nitro benzene ring substituents is 1. The van der Waals surface area contributed by atoms with Gasteiger partial charge < -0.3 is 14.8 Å². The molecule has 30 heavy (non-hydrogen) atoms. The Morgan fingerprint density at radius 3 is 2.70 bits per heavy atom. The topological polar surface area (TPSA) is 111 Å². The average molecular weight is 413 g/mol. The summed E-state index contributed by atoms with van der Waals surface area (Å²) in [5, 5.41) is 13.9. The lowest BCUT2D eigenvalue weighted by molar-refractivity contribution is -0.384. The van der Waals surface area contributed by atoms with Gasteiger partial charge in [0, 0.05) is 6.07 Å². The Labute approximate surface area is 173 Å². The van der Waals surface area contributed by atoms with Crippen LogP contribution in [0, 0.1) is 16.0 Å². The Morgan fingerprint density at radius 2 is 2.03 bits per heavy atom. The normalized spacial score (nSPS) is 15.4. The van der Waals surface area contributed by atoms with Gasteiger partial charge in [-0.3, -0.25) is 24.6 Å². The Kier molecular flexibility index (Phi) is 6.20. The molecule has 0 bridgehead atoms. The van der Waals surface area contributed by atoms with Crippen molar-refractivity contribution in [1.29, 1.82) is 0 Å². The van der Waals surface area contributed by atoms with Crippen molar-refractivity contribution >= 4 is 28.9 Å². The number of nitrogens with one attached hydrogen (secondary N) is 1. The number of amides is 2. The number of para-hydroxylation sites is 2. The Bertz CT molecular complexity index is 975. The minimum Gasteiger partial charge on any atom is -0.492 e. The zero-order valence-electron chi connectivity index (χ0n) is 17.0. The maximum atomic E-state index is 13.0. The van der Waals surface area contributed by atoms with E-state index in [2.05, 4.69) is 5.32 Å². The Hall–Kier alpha value is -3.62. The van der Waals surface area contributed by atoms with Gasteiger partial charge in [0.15, 0.2) is 11.9 Å².